The van der Waals surface area contributed by atoms with Crippen molar-refractivity contribution in [1.82, 2.24) is 9.55 Å². The molecule has 1 heterocycles. The van der Waals surface area contributed by atoms with Crippen LogP contribution in [0.1, 0.15) is 23.9 Å². The average molecular weight is 265 g/mol. The fourth-order valence-electron chi connectivity index (χ4n) is 1.83. The first-order valence-electron chi connectivity index (χ1n) is 5.61. The highest BCUT2D eigenvalue weighted by Crippen LogP contribution is 2.31. The molecule has 2 aromatic rings. The predicted molar refractivity (Wildman–Crippen MR) is 62.7 cm³/mol. The van der Waals surface area contributed by atoms with Crippen LogP contribution in [-0.2, 0) is 12.6 Å². The second-order valence-electron chi connectivity index (χ2n) is 3.91. The van der Waals surface area contributed by atoms with E-state index in [0.717, 1.165) is 12.1 Å². The van der Waals surface area contributed by atoms with Gasteiger partial charge in [0.2, 0.25) is 0 Å². The van der Waals surface area contributed by atoms with Crippen LogP contribution in [0.25, 0.3) is 5.69 Å². The Hall–Kier alpha value is -2.29. The Labute approximate surface area is 107 Å². The smallest absolute Gasteiger partial charge is 0.302 e. The van der Waals surface area contributed by atoms with E-state index in [2.05, 4.69) is 4.98 Å². The summed E-state index contributed by atoms with van der Waals surface area (Å²) in [5.41, 5.74) is -0.446. The first kappa shape index (κ1) is 13.1. The summed E-state index contributed by atoms with van der Waals surface area (Å²) in [6.45, 7) is 1.88. The Morgan fingerprint density at radius 1 is 1.37 bits per heavy atom. The lowest BCUT2D eigenvalue weighted by molar-refractivity contribution is -0.137. The van der Waals surface area contributed by atoms with Crippen LogP contribution >= 0.6 is 0 Å². The fourth-order valence-corrected chi connectivity index (χ4v) is 1.83. The normalized spacial score (nSPS) is 11.3. The Kier molecular flexibility index (Phi) is 3.30. The number of rotatable bonds is 2. The highest BCUT2D eigenvalue weighted by molar-refractivity contribution is 5.51. The van der Waals surface area contributed by atoms with Gasteiger partial charge in [0.15, 0.2) is 0 Å². The Balaban J connectivity index is 2.58. The van der Waals surface area contributed by atoms with Gasteiger partial charge < -0.3 is 4.57 Å². The van der Waals surface area contributed by atoms with E-state index in [0.29, 0.717) is 17.9 Å². The van der Waals surface area contributed by atoms with Gasteiger partial charge in [0, 0.05) is 18.8 Å². The molecule has 0 spiro atoms. The summed E-state index contributed by atoms with van der Waals surface area (Å²) in [7, 11) is 0. The Morgan fingerprint density at radius 2 is 2.11 bits per heavy atom. The number of hydrogen-bond acceptors (Lipinski definition) is 2. The number of aromatic nitrogens is 2. The van der Waals surface area contributed by atoms with Gasteiger partial charge in [-0.25, -0.2) is 4.98 Å². The van der Waals surface area contributed by atoms with E-state index in [-0.39, 0.29) is 5.56 Å². The molecule has 1 aromatic heterocycles. The van der Waals surface area contributed by atoms with Crippen molar-refractivity contribution in [2.45, 2.75) is 19.5 Å². The number of nitriles is 1. The van der Waals surface area contributed by atoms with E-state index < -0.39 is 11.7 Å². The Morgan fingerprint density at radius 3 is 2.68 bits per heavy atom. The van der Waals surface area contributed by atoms with Crippen molar-refractivity contribution < 1.29 is 13.2 Å². The van der Waals surface area contributed by atoms with Gasteiger partial charge in [-0.3, -0.25) is 0 Å². The van der Waals surface area contributed by atoms with Crippen LogP contribution in [0.3, 0.4) is 0 Å². The lowest BCUT2D eigenvalue weighted by Gasteiger charge is -2.12. The van der Waals surface area contributed by atoms with Crippen LogP contribution < -0.4 is 0 Å². The van der Waals surface area contributed by atoms with Gasteiger partial charge in [-0.1, -0.05) is 6.92 Å². The Bertz CT molecular complexity index is 635. The van der Waals surface area contributed by atoms with Gasteiger partial charge in [-0.2, -0.15) is 18.4 Å². The van der Waals surface area contributed by atoms with Crippen LogP contribution in [0.2, 0.25) is 0 Å². The van der Waals surface area contributed by atoms with E-state index in [4.69, 9.17) is 5.26 Å². The standard InChI is InChI=1S/C13H10F3N3/c1-2-12-18-5-6-19(12)11-4-3-10(13(14,15)16)7-9(11)8-17/h3-7H,2H2,1H3. The maximum absolute atomic E-state index is 12.6. The maximum atomic E-state index is 12.6. The molecular formula is C13H10F3N3. The largest absolute Gasteiger partial charge is 0.416 e. The van der Waals surface area contributed by atoms with Crippen molar-refractivity contribution in [3.05, 3.63) is 47.5 Å². The molecule has 0 aliphatic rings. The molecule has 1 aromatic carbocycles. The zero-order valence-electron chi connectivity index (χ0n) is 10.1. The molecule has 0 unspecified atom stereocenters. The van der Waals surface area contributed by atoms with E-state index in [1.165, 1.54) is 6.07 Å². The van der Waals surface area contributed by atoms with E-state index in [9.17, 15) is 13.2 Å². The topological polar surface area (TPSA) is 41.6 Å². The van der Waals surface area contributed by atoms with Crippen LogP contribution in [0.15, 0.2) is 30.6 Å². The molecule has 0 fully saturated rings. The molecule has 0 saturated carbocycles. The summed E-state index contributed by atoms with van der Waals surface area (Å²) in [4.78, 5) is 4.09. The SMILES string of the molecule is CCc1nccn1-c1ccc(C(F)(F)F)cc1C#N. The van der Waals surface area contributed by atoms with Crippen molar-refractivity contribution in [2.75, 3.05) is 0 Å². The van der Waals surface area contributed by atoms with Gasteiger partial charge in [-0.05, 0) is 18.2 Å². The second kappa shape index (κ2) is 4.76. The van der Waals surface area contributed by atoms with Crippen molar-refractivity contribution in [2.24, 2.45) is 0 Å². The third-order valence-electron chi connectivity index (χ3n) is 2.74. The molecule has 6 heteroatoms. The minimum absolute atomic E-state index is 0.0254. The summed E-state index contributed by atoms with van der Waals surface area (Å²) in [6, 6.07) is 4.92. The second-order valence-corrected chi connectivity index (χ2v) is 3.91. The number of aryl methyl sites for hydroxylation is 1. The third kappa shape index (κ3) is 2.45. The predicted octanol–water partition coefficient (Wildman–Crippen LogP) is 3.33. The highest BCUT2D eigenvalue weighted by Gasteiger charge is 2.31. The van der Waals surface area contributed by atoms with Crippen LogP contribution in [0.4, 0.5) is 13.2 Å². The number of benzene rings is 1. The van der Waals surface area contributed by atoms with Crippen molar-refractivity contribution in [1.29, 1.82) is 5.26 Å². The monoisotopic (exact) mass is 265 g/mol. The van der Waals surface area contributed by atoms with Crippen molar-refractivity contribution in [3.63, 3.8) is 0 Å². The van der Waals surface area contributed by atoms with E-state index >= 15 is 0 Å². The number of nitrogens with zero attached hydrogens (tertiary/aromatic N) is 3. The average Bonchev–Trinajstić information content (AvgIpc) is 2.84. The van der Waals surface area contributed by atoms with E-state index in [1.54, 1.807) is 23.0 Å². The number of hydrogen-bond donors (Lipinski definition) is 0. The van der Waals surface area contributed by atoms with Crippen molar-refractivity contribution in [3.8, 4) is 11.8 Å². The number of alkyl halides is 3. The molecule has 19 heavy (non-hydrogen) atoms. The third-order valence-corrected chi connectivity index (χ3v) is 2.74. The zero-order chi connectivity index (χ0) is 14.0. The number of halogens is 3. The molecule has 0 aliphatic carbocycles. The molecule has 0 radical (unpaired) electrons. The minimum atomic E-state index is -4.45. The summed E-state index contributed by atoms with van der Waals surface area (Å²) < 4.78 is 39.4. The first-order chi connectivity index (χ1) is 8.97. The minimum Gasteiger partial charge on any atom is -0.302 e. The van der Waals surface area contributed by atoms with Crippen LogP contribution in [0, 0.1) is 11.3 Å². The fraction of sp³-hybridized carbons (Fsp3) is 0.231. The van der Waals surface area contributed by atoms with Crippen LogP contribution in [0.5, 0.6) is 0 Å². The van der Waals surface area contributed by atoms with Gasteiger partial charge in [0.05, 0.1) is 16.8 Å². The lowest BCUT2D eigenvalue weighted by atomic mass is 10.1. The molecule has 0 N–H and O–H groups in total. The molecular weight excluding hydrogens is 255 g/mol. The molecule has 0 atom stereocenters. The number of imidazole rings is 1. The quantitative estimate of drug-likeness (QED) is 0.835. The van der Waals surface area contributed by atoms with Gasteiger partial charge in [0.1, 0.15) is 11.9 Å². The first-order valence-corrected chi connectivity index (χ1v) is 5.61. The molecule has 0 bridgehead atoms. The summed E-state index contributed by atoms with van der Waals surface area (Å²) in [5.74, 6) is 0.691. The summed E-state index contributed by atoms with van der Waals surface area (Å²) in [6.07, 6.45) is -0.647. The van der Waals surface area contributed by atoms with Crippen LogP contribution in [-0.4, -0.2) is 9.55 Å². The van der Waals surface area contributed by atoms with Gasteiger partial charge >= 0.3 is 6.18 Å². The molecule has 0 aliphatic heterocycles. The zero-order valence-corrected chi connectivity index (χ0v) is 10.1. The van der Waals surface area contributed by atoms with Gasteiger partial charge in [-0.15, -0.1) is 0 Å². The summed E-state index contributed by atoms with van der Waals surface area (Å²) >= 11 is 0. The lowest BCUT2D eigenvalue weighted by Crippen LogP contribution is -2.08. The van der Waals surface area contributed by atoms with Gasteiger partial charge in [0.25, 0.3) is 0 Å². The molecule has 2 rings (SSSR count). The molecule has 0 amide bonds. The highest BCUT2D eigenvalue weighted by atomic mass is 19.4. The molecule has 3 nitrogen and oxygen atoms in total. The molecule has 98 valence electrons. The summed E-state index contributed by atoms with van der Waals surface area (Å²) in [5, 5.41) is 9.02. The molecule has 0 saturated heterocycles. The van der Waals surface area contributed by atoms with E-state index in [1.807, 2.05) is 6.92 Å². The maximum Gasteiger partial charge on any atom is 0.416 e. The van der Waals surface area contributed by atoms with Crippen molar-refractivity contribution >= 4 is 0 Å².